The first-order valence-electron chi connectivity index (χ1n) is 8.61. The fraction of sp³-hybridized carbons (Fsp3) is 0.0455. The molecular formula is C22H20N4O2S. The summed E-state index contributed by atoms with van der Waals surface area (Å²) in [6, 6.07) is 10.7. The summed E-state index contributed by atoms with van der Waals surface area (Å²) in [6.07, 6.45) is 3.23. The normalized spacial score (nSPS) is 14.4. The number of benzene rings is 2. The van der Waals surface area contributed by atoms with E-state index < -0.39 is 10.0 Å². The van der Waals surface area contributed by atoms with Gasteiger partial charge in [0.25, 0.3) is 10.0 Å². The van der Waals surface area contributed by atoms with Crippen LogP contribution in [0.2, 0.25) is 0 Å². The third-order valence-corrected chi connectivity index (χ3v) is 5.83. The van der Waals surface area contributed by atoms with Crippen LogP contribution in [0.4, 0.5) is 11.4 Å². The van der Waals surface area contributed by atoms with Crippen molar-refractivity contribution in [2.24, 2.45) is 14.4 Å². The fourth-order valence-electron chi connectivity index (χ4n) is 2.98. The molecule has 0 amide bonds. The lowest BCUT2D eigenvalue weighted by Gasteiger charge is -2.17. The molecular weight excluding hydrogens is 384 g/mol. The Morgan fingerprint density at radius 1 is 1.10 bits per heavy atom. The van der Waals surface area contributed by atoms with E-state index in [2.05, 4.69) is 46.3 Å². The van der Waals surface area contributed by atoms with Crippen LogP contribution < -0.4 is 5.32 Å². The van der Waals surface area contributed by atoms with E-state index in [9.17, 15) is 8.42 Å². The van der Waals surface area contributed by atoms with Crippen LogP contribution in [-0.4, -0.2) is 27.7 Å². The maximum Gasteiger partial charge on any atom is 0.286 e. The molecule has 1 aliphatic rings. The Morgan fingerprint density at radius 3 is 2.48 bits per heavy atom. The molecule has 1 heterocycles. The zero-order valence-corrected chi connectivity index (χ0v) is 16.8. The molecule has 3 rings (SSSR count). The van der Waals surface area contributed by atoms with Crippen molar-refractivity contribution in [1.29, 1.82) is 0 Å². The standard InChI is InChI=1S/C22H20N4O2S/c1-14(10-11-23-4)15(2)19-12-17(6-8-20(19)24-5)18-7-9-21-22(13-18)29(27,28)26-16(3)25-21/h6-13H,1-2,4-5H2,3H3,(H,25,26)/b11-10-. The molecule has 6 nitrogen and oxygen atoms in total. The Balaban J connectivity index is 2.09. The van der Waals surface area contributed by atoms with Gasteiger partial charge in [-0.3, -0.25) is 9.98 Å². The summed E-state index contributed by atoms with van der Waals surface area (Å²) in [6.45, 7) is 16.7. The lowest BCUT2D eigenvalue weighted by Crippen LogP contribution is -2.18. The van der Waals surface area contributed by atoms with Crippen LogP contribution >= 0.6 is 0 Å². The molecule has 0 spiro atoms. The van der Waals surface area contributed by atoms with Crippen LogP contribution in [0.25, 0.3) is 16.7 Å². The van der Waals surface area contributed by atoms with Crippen LogP contribution in [0, 0.1) is 0 Å². The topological polar surface area (TPSA) is 83.2 Å². The first-order chi connectivity index (χ1) is 13.8. The predicted molar refractivity (Wildman–Crippen MR) is 122 cm³/mol. The van der Waals surface area contributed by atoms with Gasteiger partial charge >= 0.3 is 0 Å². The molecule has 1 N–H and O–H groups in total. The highest BCUT2D eigenvalue weighted by molar-refractivity contribution is 7.90. The molecule has 2 aromatic rings. The van der Waals surface area contributed by atoms with Gasteiger partial charge in [-0.2, -0.15) is 8.42 Å². The average Bonchev–Trinajstić information content (AvgIpc) is 2.70. The van der Waals surface area contributed by atoms with Crippen molar-refractivity contribution in [2.75, 3.05) is 5.32 Å². The molecule has 0 unspecified atom stereocenters. The number of amidine groups is 1. The van der Waals surface area contributed by atoms with Crippen molar-refractivity contribution in [3.05, 3.63) is 73.0 Å². The van der Waals surface area contributed by atoms with Gasteiger partial charge in [-0.1, -0.05) is 25.3 Å². The van der Waals surface area contributed by atoms with Gasteiger partial charge in [-0.25, -0.2) is 0 Å². The van der Waals surface area contributed by atoms with Gasteiger partial charge < -0.3 is 5.32 Å². The van der Waals surface area contributed by atoms with E-state index in [0.717, 1.165) is 16.7 Å². The Bertz CT molecular complexity index is 1220. The van der Waals surface area contributed by atoms with Gasteiger partial charge in [0, 0.05) is 11.8 Å². The molecule has 0 radical (unpaired) electrons. The maximum absolute atomic E-state index is 12.4. The van der Waals surface area contributed by atoms with Crippen LogP contribution in [0.1, 0.15) is 12.5 Å². The molecule has 0 saturated carbocycles. The molecule has 0 atom stereocenters. The number of hydrogen-bond donors (Lipinski definition) is 1. The minimum atomic E-state index is -3.74. The van der Waals surface area contributed by atoms with E-state index >= 15 is 0 Å². The monoisotopic (exact) mass is 404 g/mol. The van der Waals surface area contributed by atoms with E-state index in [-0.39, 0.29) is 4.90 Å². The van der Waals surface area contributed by atoms with Crippen molar-refractivity contribution in [1.82, 2.24) is 0 Å². The highest BCUT2D eigenvalue weighted by Gasteiger charge is 2.24. The molecule has 1 aliphatic heterocycles. The van der Waals surface area contributed by atoms with Crippen LogP contribution in [0.3, 0.4) is 0 Å². The van der Waals surface area contributed by atoms with Gasteiger partial charge in [-0.05, 0) is 73.0 Å². The Hall–Kier alpha value is -3.58. The van der Waals surface area contributed by atoms with Crippen molar-refractivity contribution < 1.29 is 8.42 Å². The lowest BCUT2D eigenvalue weighted by molar-refractivity contribution is 0.598. The summed E-state index contributed by atoms with van der Waals surface area (Å²) in [5.41, 5.74) is 4.73. The minimum absolute atomic E-state index is 0.135. The van der Waals surface area contributed by atoms with Crippen LogP contribution in [-0.2, 0) is 10.0 Å². The largest absolute Gasteiger partial charge is 0.342 e. The van der Waals surface area contributed by atoms with Gasteiger partial charge in [0.15, 0.2) is 0 Å². The summed E-state index contributed by atoms with van der Waals surface area (Å²) in [5, 5.41) is 2.98. The van der Waals surface area contributed by atoms with Crippen LogP contribution in [0.15, 0.2) is 86.7 Å². The molecule has 0 bridgehead atoms. The number of sulfonamides is 1. The number of hydrogen-bond acceptors (Lipinski definition) is 5. The summed E-state index contributed by atoms with van der Waals surface area (Å²) >= 11 is 0. The zero-order valence-electron chi connectivity index (χ0n) is 16.0. The molecule has 146 valence electrons. The van der Waals surface area contributed by atoms with E-state index in [4.69, 9.17) is 0 Å². The summed E-state index contributed by atoms with van der Waals surface area (Å²) in [5.74, 6) is 0.339. The predicted octanol–water partition coefficient (Wildman–Crippen LogP) is 5.00. The number of anilines is 1. The van der Waals surface area contributed by atoms with Crippen molar-refractivity contribution in [3.8, 4) is 11.1 Å². The molecule has 0 fully saturated rings. The maximum atomic E-state index is 12.4. The number of allylic oxidation sites excluding steroid dienone is 3. The smallest absolute Gasteiger partial charge is 0.286 e. The second kappa shape index (κ2) is 7.81. The molecule has 0 aromatic heterocycles. The Morgan fingerprint density at radius 2 is 1.79 bits per heavy atom. The SMILES string of the molecule is C=N/C=C\C(=C)C(=C)c1cc(-c2ccc3c(c2)S(=O)(=O)N=C(C)N3)ccc1N=C. The Labute approximate surface area is 170 Å². The number of aliphatic imine (C=N–C) groups is 2. The number of nitrogens with one attached hydrogen (secondary N) is 1. The lowest BCUT2D eigenvalue weighted by atomic mass is 9.94. The third kappa shape index (κ3) is 4.00. The first-order valence-corrected chi connectivity index (χ1v) is 10.1. The molecule has 29 heavy (non-hydrogen) atoms. The van der Waals surface area contributed by atoms with E-state index in [1.54, 1.807) is 31.2 Å². The van der Waals surface area contributed by atoms with E-state index in [0.29, 0.717) is 28.4 Å². The van der Waals surface area contributed by atoms with Gasteiger partial charge in [-0.15, -0.1) is 4.40 Å². The zero-order chi connectivity index (χ0) is 21.2. The van der Waals surface area contributed by atoms with Crippen molar-refractivity contribution in [3.63, 3.8) is 0 Å². The second-order valence-corrected chi connectivity index (χ2v) is 7.95. The van der Waals surface area contributed by atoms with Gasteiger partial charge in [0.1, 0.15) is 10.7 Å². The van der Waals surface area contributed by atoms with Gasteiger partial charge in [0.05, 0.1) is 11.4 Å². The molecule has 2 aromatic carbocycles. The molecule has 7 heteroatoms. The highest BCUT2D eigenvalue weighted by atomic mass is 32.2. The van der Waals surface area contributed by atoms with Crippen molar-refractivity contribution in [2.45, 2.75) is 11.8 Å². The minimum Gasteiger partial charge on any atom is -0.342 e. The molecule has 0 saturated heterocycles. The van der Waals surface area contributed by atoms with Crippen LogP contribution in [0.5, 0.6) is 0 Å². The molecule has 0 aliphatic carbocycles. The number of fused-ring (bicyclic) bond motifs is 1. The Kier molecular flexibility index (Phi) is 5.43. The van der Waals surface area contributed by atoms with Crippen molar-refractivity contribution >= 4 is 46.2 Å². The second-order valence-electron chi connectivity index (χ2n) is 6.38. The quantitative estimate of drug-likeness (QED) is 0.543. The van der Waals surface area contributed by atoms with Gasteiger partial charge in [0.2, 0.25) is 0 Å². The first kappa shape index (κ1) is 20.2. The average molecular weight is 404 g/mol. The summed E-state index contributed by atoms with van der Waals surface area (Å²) < 4.78 is 28.6. The summed E-state index contributed by atoms with van der Waals surface area (Å²) in [7, 11) is -3.74. The van der Waals surface area contributed by atoms with E-state index in [1.165, 1.54) is 6.20 Å². The number of nitrogens with zero attached hydrogens (tertiary/aromatic N) is 3. The summed E-state index contributed by atoms with van der Waals surface area (Å²) in [4.78, 5) is 7.87. The van der Waals surface area contributed by atoms with E-state index in [1.807, 2.05) is 18.2 Å². The fourth-order valence-corrected chi connectivity index (χ4v) is 4.15. The third-order valence-electron chi connectivity index (χ3n) is 4.43. The highest BCUT2D eigenvalue weighted by Crippen LogP contribution is 2.36. The number of rotatable bonds is 6.